The lowest BCUT2D eigenvalue weighted by atomic mass is 10.1. The van der Waals surface area contributed by atoms with Crippen molar-refractivity contribution in [3.63, 3.8) is 0 Å². The first kappa shape index (κ1) is 20.0. The van der Waals surface area contributed by atoms with Crippen molar-refractivity contribution in [2.45, 2.75) is 39.5 Å². The van der Waals surface area contributed by atoms with Crippen molar-refractivity contribution < 1.29 is 13.2 Å². The number of aryl methyl sites for hydroxylation is 2. The molecule has 1 aliphatic heterocycles. The third-order valence-corrected chi connectivity index (χ3v) is 7.44. The highest BCUT2D eigenvalue weighted by Gasteiger charge is 2.28. The average molecular weight is 408 g/mol. The molecule has 1 aliphatic rings. The zero-order valence-electron chi connectivity index (χ0n) is 15.7. The zero-order valence-corrected chi connectivity index (χ0v) is 17.3. The minimum atomic E-state index is -3.16. The van der Waals surface area contributed by atoms with Gasteiger partial charge in [-0.05, 0) is 25.3 Å². The van der Waals surface area contributed by atoms with Crippen LogP contribution in [-0.4, -0.2) is 42.5 Å². The number of carbonyl (C=O) groups is 1. The van der Waals surface area contributed by atoms with Crippen LogP contribution < -0.4 is 5.32 Å². The van der Waals surface area contributed by atoms with Crippen molar-refractivity contribution in [2.75, 3.05) is 24.2 Å². The van der Waals surface area contributed by atoms with Crippen molar-refractivity contribution in [1.82, 2.24) is 9.29 Å². The molecule has 1 aromatic carbocycles. The summed E-state index contributed by atoms with van der Waals surface area (Å²) in [5, 5.41) is 3.35. The van der Waals surface area contributed by atoms with Gasteiger partial charge in [-0.15, -0.1) is 11.3 Å². The van der Waals surface area contributed by atoms with Crippen molar-refractivity contribution in [2.24, 2.45) is 0 Å². The lowest BCUT2D eigenvalue weighted by molar-refractivity contribution is -0.116. The Balaban J connectivity index is 1.61. The van der Waals surface area contributed by atoms with E-state index in [1.54, 1.807) is 0 Å². The van der Waals surface area contributed by atoms with Gasteiger partial charge in [0, 0.05) is 30.0 Å². The van der Waals surface area contributed by atoms with Crippen LogP contribution in [0.2, 0.25) is 0 Å². The summed E-state index contributed by atoms with van der Waals surface area (Å²) in [5.74, 6) is -0.0311. The number of sulfonamides is 1. The summed E-state index contributed by atoms with van der Waals surface area (Å²) in [6.45, 7) is 4.88. The minimum Gasteiger partial charge on any atom is -0.302 e. The summed E-state index contributed by atoms with van der Waals surface area (Å²) in [6.07, 6.45) is 2.95. The molecule has 1 aromatic heterocycles. The summed E-state index contributed by atoms with van der Waals surface area (Å²) < 4.78 is 25.0. The normalized spacial score (nSPS) is 16.5. The van der Waals surface area contributed by atoms with Gasteiger partial charge < -0.3 is 5.32 Å². The molecule has 0 saturated carbocycles. The number of nitrogens with one attached hydrogen (secondary N) is 1. The van der Waals surface area contributed by atoms with E-state index in [1.165, 1.54) is 21.2 Å². The summed E-state index contributed by atoms with van der Waals surface area (Å²) >= 11 is 1.43. The summed E-state index contributed by atoms with van der Waals surface area (Å²) in [6, 6.07) is 8.37. The first-order valence-electron chi connectivity index (χ1n) is 9.23. The number of nitrogens with zero attached hydrogens (tertiary/aromatic N) is 2. The minimum absolute atomic E-state index is 0.138. The quantitative estimate of drug-likeness (QED) is 0.763. The molecular formula is C19H25N3O3S2. The Hall–Kier alpha value is -1.77. The van der Waals surface area contributed by atoms with E-state index in [-0.39, 0.29) is 24.6 Å². The maximum atomic E-state index is 12.2. The number of carbonyl (C=O) groups excluding carboxylic acids is 1. The molecule has 0 spiro atoms. The molecular weight excluding hydrogens is 382 g/mol. The Bertz CT molecular complexity index is 905. The lowest BCUT2D eigenvalue weighted by Gasteiger charge is -2.13. The number of hydrogen-bond acceptors (Lipinski definition) is 5. The second-order valence-corrected chi connectivity index (χ2v) is 10.0. The molecule has 0 radical (unpaired) electrons. The van der Waals surface area contributed by atoms with E-state index in [0.717, 1.165) is 29.0 Å². The first-order chi connectivity index (χ1) is 12.9. The third kappa shape index (κ3) is 4.94. The zero-order chi connectivity index (χ0) is 19.4. The van der Waals surface area contributed by atoms with E-state index < -0.39 is 10.0 Å². The van der Waals surface area contributed by atoms with Crippen molar-refractivity contribution in [3.05, 3.63) is 34.7 Å². The predicted octanol–water partition coefficient (Wildman–Crippen LogP) is 3.44. The van der Waals surface area contributed by atoms with Crippen molar-refractivity contribution in [3.8, 4) is 11.3 Å². The molecule has 8 heteroatoms. The van der Waals surface area contributed by atoms with Crippen LogP contribution >= 0.6 is 11.3 Å². The molecule has 1 N–H and O–H groups in total. The Labute approximate surface area is 164 Å². The van der Waals surface area contributed by atoms with Crippen LogP contribution in [0.15, 0.2) is 24.3 Å². The number of rotatable bonds is 7. The smallest absolute Gasteiger partial charge is 0.227 e. The second-order valence-electron chi connectivity index (χ2n) is 6.74. The van der Waals surface area contributed by atoms with Crippen molar-refractivity contribution in [1.29, 1.82) is 0 Å². The largest absolute Gasteiger partial charge is 0.302 e. The molecule has 3 rings (SSSR count). The molecule has 0 unspecified atom stereocenters. The number of anilines is 1. The predicted molar refractivity (Wildman–Crippen MR) is 110 cm³/mol. The molecule has 2 aromatic rings. The monoisotopic (exact) mass is 407 g/mol. The fourth-order valence-electron chi connectivity index (χ4n) is 3.19. The number of aromatic nitrogens is 1. The molecule has 0 atom stereocenters. The van der Waals surface area contributed by atoms with E-state index in [9.17, 15) is 13.2 Å². The van der Waals surface area contributed by atoms with E-state index >= 15 is 0 Å². The van der Waals surface area contributed by atoms with Gasteiger partial charge >= 0.3 is 0 Å². The van der Waals surface area contributed by atoms with Gasteiger partial charge in [0.1, 0.15) is 0 Å². The van der Waals surface area contributed by atoms with Gasteiger partial charge in [-0.25, -0.2) is 17.7 Å². The average Bonchev–Trinajstić information content (AvgIpc) is 3.15. The number of amides is 1. The Morgan fingerprint density at radius 2 is 2.04 bits per heavy atom. The molecule has 1 amide bonds. The topological polar surface area (TPSA) is 79.4 Å². The summed E-state index contributed by atoms with van der Waals surface area (Å²) in [4.78, 5) is 17.8. The molecule has 1 saturated heterocycles. The van der Waals surface area contributed by atoms with Crippen LogP contribution in [0.25, 0.3) is 11.3 Å². The summed E-state index contributed by atoms with van der Waals surface area (Å²) in [7, 11) is -3.16. The highest BCUT2D eigenvalue weighted by atomic mass is 32.2. The Kier molecular flexibility index (Phi) is 6.29. The Morgan fingerprint density at radius 3 is 2.67 bits per heavy atom. The van der Waals surface area contributed by atoms with Gasteiger partial charge in [0.15, 0.2) is 5.13 Å². The third-order valence-electron chi connectivity index (χ3n) is 4.60. The molecule has 27 heavy (non-hydrogen) atoms. The number of benzene rings is 1. The van der Waals surface area contributed by atoms with Crippen LogP contribution in [0.5, 0.6) is 0 Å². The molecule has 2 heterocycles. The van der Waals surface area contributed by atoms with Crippen LogP contribution in [0.3, 0.4) is 0 Å². The van der Waals surface area contributed by atoms with E-state index in [0.29, 0.717) is 18.1 Å². The van der Waals surface area contributed by atoms with Gasteiger partial charge in [0.2, 0.25) is 15.9 Å². The van der Waals surface area contributed by atoms with Gasteiger partial charge in [-0.2, -0.15) is 0 Å². The van der Waals surface area contributed by atoms with E-state index in [2.05, 4.69) is 41.5 Å². The summed E-state index contributed by atoms with van der Waals surface area (Å²) in [5.41, 5.74) is 3.22. The number of thiazole rings is 1. The maximum absolute atomic E-state index is 12.2. The number of hydrogen-bond donors (Lipinski definition) is 1. The van der Waals surface area contributed by atoms with Crippen molar-refractivity contribution >= 4 is 32.4 Å². The van der Waals surface area contributed by atoms with Crippen LogP contribution in [0.1, 0.15) is 36.6 Å². The van der Waals surface area contributed by atoms with Gasteiger partial charge in [0.25, 0.3) is 0 Å². The van der Waals surface area contributed by atoms with Crippen LogP contribution in [0.4, 0.5) is 5.13 Å². The highest BCUT2D eigenvalue weighted by molar-refractivity contribution is 7.89. The van der Waals surface area contributed by atoms with Crippen LogP contribution in [0, 0.1) is 6.92 Å². The molecule has 0 bridgehead atoms. The lowest BCUT2D eigenvalue weighted by Crippen LogP contribution is -2.29. The fraction of sp³-hybridized carbons (Fsp3) is 0.474. The molecule has 6 nitrogen and oxygen atoms in total. The standard InChI is InChI=1S/C19H25N3O3S2/c1-3-5-15-6-8-16(9-7-15)18-14(2)26-19(21-18)20-17(23)10-12-22-11-4-13-27(22,24)25/h6-9H,3-5,10-13H2,1-2H3,(H,20,21,23). The maximum Gasteiger partial charge on any atom is 0.227 e. The molecule has 146 valence electrons. The van der Waals surface area contributed by atoms with Crippen LogP contribution in [-0.2, 0) is 21.2 Å². The SMILES string of the molecule is CCCc1ccc(-c2nc(NC(=O)CCN3CCCS3(=O)=O)sc2C)cc1. The molecule has 1 fully saturated rings. The Morgan fingerprint density at radius 1 is 1.30 bits per heavy atom. The molecule has 0 aliphatic carbocycles. The van der Waals surface area contributed by atoms with Gasteiger partial charge in [0.05, 0.1) is 11.4 Å². The second kappa shape index (κ2) is 8.50. The van der Waals surface area contributed by atoms with Gasteiger partial charge in [-0.3, -0.25) is 4.79 Å². The van der Waals surface area contributed by atoms with E-state index in [1.807, 2.05) is 6.92 Å². The van der Waals surface area contributed by atoms with Gasteiger partial charge in [-0.1, -0.05) is 37.6 Å². The fourth-order valence-corrected chi connectivity index (χ4v) is 5.57. The van der Waals surface area contributed by atoms with E-state index in [4.69, 9.17) is 0 Å². The first-order valence-corrected chi connectivity index (χ1v) is 11.7. The highest BCUT2D eigenvalue weighted by Crippen LogP contribution is 2.30.